The highest BCUT2D eigenvalue weighted by Crippen LogP contribution is 2.39. The molecule has 3 N–H and O–H groups in total. The Bertz CT molecular complexity index is 1890. The first-order valence-electron chi connectivity index (χ1n) is 16.3. The van der Waals surface area contributed by atoms with Crippen molar-refractivity contribution in [3.8, 4) is 17.2 Å². The Morgan fingerprint density at radius 1 is 0.979 bits per heavy atom. The number of nitrogens with one attached hydrogen (secondary N) is 3. The van der Waals surface area contributed by atoms with E-state index in [0.29, 0.717) is 41.6 Å². The van der Waals surface area contributed by atoms with E-state index in [2.05, 4.69) is 47.3 Å². The van der Waals surface area contributed by atoms with Gasteiger partial charge in [0.25, 0.3) is 0 Å². The Morgan fingerprint density at radius 3 is 2.48 bits per heavy atom. The van der Waals surface area contributed by atoms with Crippen molar-refractivity contribution in [3.63, 3.8) is 0 Å². The number of urea groups is 1. The number of amides is 2. The number of hydrogen-bond donors (Lipinski definition) is 3. The summed E-state index contributed by atoms with van der Waals surface area (Å²) < 4.78 is 7.51. The molecule has 2 aliphatic carbocycles. The Kier molecular flexibility index (Phi) is 8.95. The maximum Gasteiger partial charge on any atom is 0.322 e. The highest BCUT2D eigenvalue weighted by Gasteiger charge is 2.31. The van der Waals surface area contributed by atoms with Crippen LogP contribution < -0.4 is 20.9 Å². The number of aromatic nitrogens is 6. The largest absolute Gasteiger partial charge is 0.423 e. The van der Waals surface area contributed by atoms with Crippen molar-refractivity contribution in [2.45, 2.75) is 69.6 Å². The quantitative estimate of drug-likeness (QED) is 0.161. The first-order chi connectivity index (χ1) is 23.5. The molecular formula is C35H37N11O2. The first-order valence-corrected chi connectivity index (χ1v) is 16.3. The molecule has 244 valence electrons. The van der Waals surface area contributed by atoms with Crippen LogP contribution in [0, 0.1) is 11.3 Å². The molecule has 0 aliphatic heterocycles. The van der Waals surface area contributed by atoms with Crippen LogP contribution in [0.1, 0.15) is 67.4 Å². The zero-order valence-corrected chi connectivity index (χ0v) is 26.7. The van der Waals surface area contributed by atoms with Gasteiger partial charge in [-0.2, -0.15) is 15.3 Å². The van der Waals surface area contributed by atoms with Crippen LogP contribution in [0.2, 0.25) is 0 Å². The van der Waals surface area contributed by atoms with E-state index < -0.39 is 0 Å². The van der Waals surface area contributed by atoms with Gasteiger partial charge in [-0.05, 0) is 61.8 Å². The van der Waals surface area contributed by atoms with Crippen LogP contribution in [0.25, 0.3) is 11.1 Å². The molecule has 3 aromatic heterocycles. The summed E-state index contributed by atoms with van der Waals surface area (Å²) >= 11 is 0. The molecule has 2 amide bonds. The molecule has 3 heterocycles. The van der Waals surface area contributed by atoms with Gasteiger partial charge in [-0.3, -0.25) is 9.58 Å². The number of hydrogen-bond acceptors (Lipinski definition) is 10. The Labute approximate surface area is 278 Å². The maximum atomic E-state index is 13.8. The lowest BCUT2D eigenvalue weighted by atomic mass is 9.90. The van der Waals surface area contributed by atoms with Gasteiger partial charge >= 0.3 is 6.03 Å². The van der Waals surface area contributed by atoms with E-state index >= 15 is 0 Å². The maximum absolute atomic E-state index is 13.8. The van der Waals surface area contributed by atoms with Crippen molar-refractivity contribution in [3.05, 3.63) is 96.1 Å². The van der Waals surface area contributed by atoms with Gasteiger partial charge in [0.2, 0.25) is 17.7 Å². The second kappa shape index (κ2) is 13.9. The highest BCUT2D eigenvalue weighted by molar-refractivity contribution is 5.93. The number of rotatable bonds is 11. The van der Waals surface area contributed by atoms with Gasteiger partial charge < -0.3 is 20.4 Å². The van der Waals surface area contributed by atoms with Crippen molar-refractivity contribution in [1.29, 1.82) is 5.26 Å². The van der Waals surface area contributed by atoms with Crippen molar-refractivity contribution >= 4 is 23.5 Å². The standard InChI is InChI=1S/C35H37N11O2/c1-45-22-27(20-40-45)24-9-13-29(14-10-24)46(35(47)39-18-23-5-3-2-4-6-23)30-15-11-28(12-16-30)41-34-38-19-26(17-36)32(42-34)37-21-31-43-44-33(48-31)25-7-8-25/h2-6,9-10,13-14,19-20,22,25,28,30H,7-8,11-12,15-16,18,21H2,1H3,(H,39,47)(H2,37,38,41,42). The topological polar surface area (TPSA) is 163 Å². The number of anilines is 3. The summed E-state index contributed by atoms with van der Waals surface area (Å²) in [5.74, 6) is 2.34. The third-order valence-corrected chi connectivity index (χ3v) is 8.81. The number of nitriles is 1. The van der Waals surface area contributed by atoms with E-state index in [-0.39, 0.29) is 24.7 Å². The van der Waals surface area contributed by atoms with E-state index in [9.17, 15) is 10.1 Å². The summed E-state index contributed by atoms with van der Waals surface area (Å²) in [7, 11) is 1.90. The highest BCUT2D eigenvalue weighted by atomic mass is 16.4. The summed E-state index contributed by atoms with van der Waals surface area (Å²) in [5, 5.41) is 31.9. The molecule has 0 spiro atoms. The smallest absolute Gasteiger partial charge is 0.322 e. The molecule has 0 unspecified atom stereocenters. The molecule has 0 atom stereocenters. The summed E-state index contributed by atoms with van der Waals surface area (Å²) in [6.45, 7) is 0.711. The third-order valence-electron chi connectivity index (χ3n) is 8.81. The molecule has 2 saturated carbocycles. The fraction of sp³-hybridized carbons (Fsp3) is 0.343. The van der Waals surface area contributed by atoms with Crippen LogP contribution in [0.4, 0.5) is 22.2 Å². The van der Waals surface area contributed by atoms with Gasteiger partial charge in [-0.25, -0.2) is 9.78 Å². The van der Waals surface area contributed by atoms with Gasteiger partial charge in [-0.1, -0.05) is 42.5 Å². The number of aryl methyl sites for hydroxylation is 1. The van der Waals surface area contributed by atoms with Gasteiger partial charge in [0, 0.05) is 49.0 Å². The first kappa shape index (κ1) is 30.9. The monoisotopic (exact) mass is 643 g/mol. The van der Waals surface area contributed by atoms with Crippen LogP contribution in [0.5, 0.6) is 0 Å². The number of carbonyl (C=O) groups is 1. The number of benzene rings is 2. The van der Waals surface area contributed by atoms with Crippen LogP contribution in [0.15, 0.2) is 77.6 Å². The van der Waals surface area contributed by atoms with Crippen LogP contribution in [-0.4, -0.2) is 48.1 Å². The summed E-state index contributed by atoms with van der Waals surface area (Å²) in [4.78, 5) is 24.7. The van der Waals surface area contributed by atoms with E-state index in [4.69, 9.17) is 4.42 Å². The van der Waals surface area contributed by atoms with Crippen molar-refractivity contribution in [1.82, 2.24) is 35.3 Å². The number of nitrogens with zero attached hydrogens (tertiary/aromatic N) is 8. The lowest BCUT2D eigenvalue weighted by molar-refractivity contribution is 0.240. The van der Waals surface area contributed by atoms with Crippen LogP contribution in [-0.2, 0) is 20.1 Å². The van der Waals surface area contributed by atoms with E-state index in [1.54, 1.807) is 4.68 Å². The SMILES string of the molecule is Cn1cc(-c2ccc(N(C(=O)NCc3ccccc3)C3CCC(Nc4ncc(C#N)c(NCc5nnc(C6CC6)o5)n4)CC3)cc2)cn1. The molecule has 2 aliphatic rings. The predicted molar refractivity (Wildman–Crippen MR) is 180 cm³/mol. The normalized spacial score (nSPS) is 17.3. The van der Waals surface area contributed by atoms with Crippen LogP contribution >= 0.6 is 0 Å². The molecule has 7 rings (SSSR count). The Morgan fingerprint density at radius 2 is 1.77 bits per heavy atom. The Hall–Kier alpha value is -5.77. The molecule has 0 saturated heterocycles. The molecule has 5 aromatic rings. The minimum absolute atomic E-state index is 0.0112. The molecular weight excluding hydrogens is 606 g/mol. The zero-order valence-electron chi connectivity index (χ0n) is 26.7. The molecule has 13 heteroatoms. The Balaban J connectivity index is 1.01. The summed E-state index contributed by atoms with van der Waals surface area (Å²) in [6, 6.07) is 20.2. The second-order valence-electron chi connectivity index (χ2n) is 12.3. The lowest BCUT2D eigenvalue weighted by Crippen LogP contribution is -2.48. The molecule has 2 fully saturated rings. The fourth-order valence-corrected chi connectivity index (χ4v) is 6.06. The third kappa shape index (κ3) is 7.28. The summed E-state index contributed by atoms with van der Waals surface area (Å²) in [6.07, 6.45) is 10.7. The van der Waals surface area contributed by atoms with E-state index in [0.717, 1.165) is 60.9 Å². The van der Waals surface area contributed by atoms with Crippen LogP contribution in [0.3, 0.4) is 0 Å². The van der Waals surface area contributed by atoms with Gasteiger partial charge in [0.15, 0.2) is 0 Å². The zero-order chi connectivity index (χ0) is 32.9. The molecule has 2 aromatic carbocycles. The number of carbonyl (C=O) groups excluding carboxylic acids is 1. The van der Waals surface area contributed by atoms with Crippen molar-refractivity contribution in [2.24, 2.45) is 7.05 Å². The van der Waals surface area contributed by atoms with E-state index in [1.807, 2.05) is 78.9 Å². The minimum atomic E-state index is -0.124. The van der Waals surface area contributed by atoms with Gasteiger partial charge in [-0.15, -0.1) is 10.2 Å². The summed E-state index contributed by atoms with van der Waals surface area (Å²) in [5.41, 5.74) is 4.29. The molecule has 0 bridgehead atoms. The average Bonchev–Trinajstić information content (AvgIpc) is 3.70. The lowest BCUT2D eigenvalue weighted by Gasteiger charge is -2.37. The van der Waals surface area contributed by atoms with Crippen molar-refractivity contribution < 1.29 is 9.21 Å². The average molecular weight is 644 g/mol. The molecule has 13 nitrogen and oxygen atoms in total. The van der Waals surface area contributed by atoms with Gasteiger partial charge in [0.05, 0.1) is 18.9 Å². The molecule has 0 radical (unpaired) electrons. The van der Waals surface area contributed by atoms with Crippen molar-refractivity contribution in [2.75, 3.05) is 15.5 Å². The van der Waals surface area contributed by atoms with Gasteiger partial charge in [0.1, 0.15) is 17.5 Å². The fourth-order valence-electron chi connectivity index (χ4n) is 6.06. The predicted octanol–water partition coefficient (Wildman–Crippen LogP) is 5.76. The minimum Gasteiger partial charge on any atom is -0.423 e. The second-order valence-corrected chi connectivity index (χ2v) is 12.3. The molecule has 48 heavy (non-hydrogen) atoms. The van der Waals surface area contributed by atoms with E-state index in [1.165, 1.54) is 6.20 Å².